The van der Waals surface area contributed by atoms with Crippen molar-refractivity contribution < 1.29 is 14.6 Å². The molecule has 0 radical (unpaired) electrons. The van der Waals surface area contributed by atoms with Crippen molar-refractivity contribution in [2.24, 2.45) is 0 Å². The van der Waals surface area contributed by atoms with Crippen LogP contribution in [0.5, 0.6) is 17.2 Å². The highest BCUT2D eigenvalue weighted by molar-refractivity contribution is 7.80. The van der Waals surface area contributed by atoms with E-state index in [0.717, 1.165) is 28.3 Å². The van der Waals surface area contributed by atoms with Gasteiger partial charge in [0.1, 0.15) is 17.2 Å². The molecule has 1 fully saturated rings. The molecule has 9 heteroatoms. The van der Waals surface area contributed by atoms with Crippen LogP contribution in [-0.2, 0) is 0 Å². The molecule has 0 amide bonds. The van der Waals surface area contributed by atoms with Gasteiger partial charge in [0.2, 0.25) is 0 Å². The molecule has 1 aliphatic rings. The molecule has 2 aromatic heterocycles. The summed E-state index contributed by atoms with van der Waals surface area (Å²) < 4.78 is 13.2. The van der Waals surface area contributed by atoms with E-state index in [0.29, 0.717) is 27.3 Å². The molecular formula is C28H27ClN4O3S. The standard InChI is InChI=1S/C28H27ClN4O3S/c1-16-13-20(17(2)32(16)23-14-18(29)8-11-24(23)34)27-26(21-7-5-6-12-30-21)31-28(37)33(27)22-10-9-19(35-3)15-25(22)36-4/h5-15,26-27,34H,1-4H3,(H,31,37). The number of pyridine rings is 1. The maximum Gasteiger partial charge on any atom is 0.174 e. The van der Waals surface area contributed by atoms with E-state index in [1.165, 1.54) is 0 Å². The number of hydrogen-bond donors (Lipinski definition) is 2. The highest BCUT2D eigenvalue weighted by atomic mass is 35.5. The van der Waals surface area contributed by atoms with Gasteiger partial charge in [-0.25, -0.2) is 0 Å². The first-order chi connectivity index (χ1) is 17.8. The average Bonchev–Trinajstić information content (AvgIpc) is 3.40. The van der Waals surface area contributed by atoms with Crippen LogP contribution in [0.25, 0.3) is 5.69 Å². The number of aromatic hydroxyl groups is 1. The summed E-state index contributed by atoms with van der Waals surface area (Å²) in [4.78, 5) is 6.71. The first kappa shape index (κ1) is 24.9. The van der Waals surface area contributed by atoms with Crippen molar-refractivity contribution in [1.29, 1.82) is 0 Å². The van der Waals surface area contributed by atoms with Crippen LogP contribution in [0.4, 0.5) is 5.69 Å². The number of aromatic nitrogens is 2. The van der Waals surface area contributed by atoms with Crippen molar-refractivity contribution in [3.05, 3.63) is 94.5 Å². The van der Waals surface area contributed by atoms with Crippen LogP contribution in [0, 0.1) is 13.8 Å². The van der Waals surface area contributed by atoms with E-state index in [9.17, 15) is 5.11 Å². The molecule has 4 aromatic rings. The van der Waals surface area contributed by atoms with Gasteiger partial charge in [0.05, 0.1) is 43.4 Å². The largest absolute Gasteiger partial charge is 0.506 e. The molecule has 0 bridgehead atoms. The SMILES string of the molecule is COc1ccc(N2C(=S)NC(c3ccccn3)C2c2cc(C)n(-c3cc(Cl)ccc3O)c2C)c(OC)c1. The maximum absolute atomic E-state index is 10.7. The van der Waals surface area contributed by atoms with Crippen LogP contribution in [0.2, 0.25) is 5.02 Å². The molecule has 2 unspecified atom stereocenters. The molecule has 1 saturated heterocycles. The third kappa shape index (κ3) is 4.36. The number of rotatable bonds is 6. The minimum atomic E-state index is -0.258. The minimum Gasteiger partial charge on any atom is -0.506 e. The van der Waals surface area contributed by atoms with Crippen LogP contribution in [0.3, 0.4) is 0 Å². The van der Waals surface area contributed by atoms with E-state index in [1.54, 1.807) is 38.6 Å². The van der Waals surface area contributed by atoms with E-state index in [-0.39, 0.29) is 17.8 Å². The fraction of sp³-hybridized carbons (Fsp3) is 0.214. The number of halogens is 1. The Labute approximate surface area is 226 Å². The number of aryl methyl sites for hydroxylation is 1. The Morgan fingerprint density at radius 1 is 1.00 bits per heavy atom. The molecule has 2 atom stereocenters. The predicted octanol–water partition coefficient (Wildman–Crippen LogP) is 6.04. The second-order valence-corrected chi connectivity index (χ2v) is 9.65. The smallest absolute Gasteiger partial charge is 0.174 e. The summed E-state index contributed by atoms with van der Waals surface area (Å²) in [5, 5.41) is 15.3. The van der Waals surface area contributed by atoms with E-state index in [1.807, 2.05) is 54.8 Å². The third-order valence-corrected chi connectivity index (χ3v) is 7.26. The van der Waals surface area contributed by atoms with Crippen molar-refractivity contribution in [3.8, 4) is 22.9 Å². The number of nitrogens with one attached hydrogen (secondary N) is 1. The Hall–Kier alpha value is -3.75. The van der Waals surface area contributed by atoms with Crippen molar-refractivity contribution in [2.75, 3.05) is 19.1 Å². The zero-order valence-electron chi connectivity index (χ0n) is 20.9. The lowest BCUT2D eigenvalue weighted by Crippen LogP contribution is -2.30. The topological polar surface area (TPSA) is 71.8 Å². The lowest BCUT2D eigenvalue weighted by atomic mass is 9.96. The number of thiocarbonyl (C=S) groups is 1. The molecule has 5 rings (SSSR count). The third-order valence-electron chi connectivity index (χ3n) is 6.71. The fourth-order valence-corrected chi connectivity index (χ4v) is 5.55. The quantitative estimate of drug-likeness (QED) is 0.292. The molecule has 37 heavy (non-hydrogen) atoms. The minimum absolute atomic E-state index is 0.146. The lowest BCUT2D eigenvalue weighted by molar-refractivity contribution is 0.394. The fourth-order valence-electron chi connectivity index (χ4n) is 5.05. The molecule has 1 aliphatic heterocycles. The summed E-state index contributed by atoms with van der Waals surface area (Å²) in [6, 6.07) is 18.2. The molecule has 0 aliphatic carbocycles. The van der Waals surface area contributed by atoms with Gasteiger partial charge in [-0.15, -0.1) is 0 Å². The number of anilines is 1. The highest BCUT2D eigenvalue weighted by Crippen LogP contribution is 2.47. The molecule has 190 valence electrons. The number of phenolic OH excluding ortho intramolecular Hbond substituents is 1. The Balaban J connectivity index is 1.72. The zero-order chi connectivity index (χ0) is 26.3. The van der Waals surface area contributed by atoms with Gasteiger partial charge in [0.25, 0.3) is 0 Å². The summed E-state index contributed by atoms with van der Waals surface area (Å²) in [7, 11) is 3.25. The summed E-state index contributed by atoms with van der Waals surface area (Å²) in [5.41, 5.74) is 5.21. The summed E-state index contributed by atoms with van der Waals surface area (Å²) >= 11 is 12.2. The van der Waals surface area contributed by atoms with Gasteiger partial charge in [0, 0.05) is 28.7 Å². The average molecular weight is 535 g/mol. The predicted molar refractivity (Wildman–Crippen MR) is 149 cm³/mol. The maximum atomic E-state index is 10.7. The van der Waals surface area contributed by atoms with Crippen LogP contribution in [-0.4, -0.2) is 34.0 Å². The van der Waals surface area contributed by atoms with Gasteiger partial charge >= 0.3 is 0 Å². The number of ether oxygens (including phenoxy) is 2. The van der Waals surface area contributed by atoms with Gasteiger partial charge in [-0.05, 0) is 80.2 Å². The highest BCUT2D eigenvalue weighted by Gasteiger charge is 2.43. The van der Waals surface area contributed by atoms with Crippen molar-refractivity contribution >= 4 is 34.6 Å². The van der Waals surface area contributed by atoms with Crippen molar-refractivity contribution in [3.63, 3.8) is 0 Å². The van der Waals surface area contributed by atoms with Crippen LogP contribution >= 0.6 is 23.8 Å². The Bertz CT molecular complexity index is 1470. The Morgan fingerprint density at radius 2 is 1.81 bits per heavy atom. The lowest BCUT2D eigenvalue weighted by Gasteiger charge is -2.29. The Kier molecular flexibility index (Phi) is 6.70. The van der Waals surface area contributed by atoms with Crippen molar-refractivity contribution in [2.45, 2.75) is 25.9 Å². The van der Waals surface area contributed by atoms with E-state index in [4.69, 9.17) is 33.3 Å². The first-order valence-electron chi connectivity index (χ1n) is 11.7. The number of nitrogens with zero attached hydrogens (tertiary/aromatic N) is 3. The van der Waals surface area contributed by atoms with Gasteiger partial charge in [-0.3, -0.25) is 4.98 Å². The van der Waals surface area contributed by atoms with Gasteiger partial charge < -0.3 is 29.4 Å². The summed E-state index contributed by atoms with van der Waals surface area (Å²) in [6.07, 6.45) is 1.78. The van der Waals surface area contributed by atoms with Gasteiger partial charge in [-0.2, -0.15) is 0 Å². The summed E-state index contributed by atoms with van der Waals surface area (Å²) in [6.45, 7) is 4.04. The van der Waals surface area contributed by atoms with Gasteiger partial charge in [0.15, 0.2) is 5.11 Å². The molecule has 0 spiro atoms. The Morgan fingerprint density at radius 3 is 2.51 bits per heavy atom. The molecule has 0 saturated carbocycles. The van der Waals surface area contributed by atoms with Crippen LogP contribution in [0.1, 0.15) is 34.7 Å². The van der Waals surface area contributed by atoms with E-state index < -0.39 is 0 Å². The monoisotopic (exact) mass is 534 g/mol. The normalized spacial score (nSPS) is 17.1. The molecule has 7 nitrogen and oxygen atoms in total. The van der Waals surface area contributed by atoms with Gasteiger partial charge in [-0.1, -0.05) is 17.7 Å². The first-order valence-corrected chi connectivity index (χ1v) is 12.5. The van der Waals surface area contributed by atoms with Crippen molar-refractivity contribution in [1.82, 2.24) is 14.9 Å². The van der Waals surface area contributed by atoms with Crippen LogP contribution in [0.15, 0.2) is 66.9 Å². The van der Waals surface area contributed by atoms with Crippen LogP contribution < -0.4 is 19.7 Å². The van der Waals surface area contributed by atoms with E-state index in [2.05, 4.69) is 21.3 Å². The number of methoxy groups -OCH3 is 2. The molecule has 3 heterocycles. The second-order valence-electron chi connectivity index (χ2n) is 8.83. The van der Waals surface area contributed by atoms with E-state index >= 15 is 0 Å². The number of phenols is 1. The zero-order valence-corrected chi connectivity index (χ0v) is 22.5. The molecule has 2 aromatic carbocycles. The number of hydrogen-bond acceptors (Lipinski definition) is 5. The molecule has 2 N–H and O–H groups in total. The summed E-state index contributed by atoms with van der Waals surface area (Å²) in [5.74, 6) is 1.47. The number of benzene rings is 2. The molecular weight excluding hydrogens is 508 g/mol. The second kappa shape index (κ2) is 9.95.